The predicted octanol–water partition coefficient (Wildman–Crippen LogP) is 0.197. The lowest BCUT2D eigenvalue weighted by molar-refractivity contribution is 0.588. The quantitative estimate of drug-likeness (QED) is 0.584. The zero-order chi connectivity index (χ0) is 16.0. The number of nitrogens with zero attached hydrogens (tertiary/aromatic N) is 2. The largest absolute Gasteiger partial charge is 0.389 e. The van der Waals surface area contributed by atoms with E-state index in [1.54, 1.807) is 0 Å². The van der Waals surface area contributed by atoms with Crippen molar-refractivity contribution < 1.29 is 8.42 Å². The number of nitrogens with two attached hydrogens (primary N) is 1. The highest BCUT2D eigenvalue weighted by Gasteiger charge is 2.17. The highest BCUT2D eigenvalue weighted by Crippen LogP contribution is 2.20. The minimum atomic E-state index is -3.28. The van der Waals surface area contributed by atoms with E-state index in [1.807, 2.05) is 13.8 Å². The molecule has 1 aromatic heterocycles. The third kappa shape index (κ3) is 4.58. The van der Waals surface area contributed by atoms with Gasteiger partial charge >= 0.3 is 0 Å². The second-order valence-corrected chi connectivity index (χ2v) is 6.86. The van der Waals surface area contributed by atoms with Crippen LogP contribution in [0.15, 0.2) is 0 Å². The van der Waals surface area contributed by atoms with Crippen LogP contribution in [0.25, 0.3) is 0 Å². The number of anilines is 1. The summed E-state index contributed by atoms with van der Waals surface area (Å²) in [6, 6.07) is 0. The lowest BCUT2D eigenvalue weighted by atomic mass is 10.0. The van der Waals surface area contributed by atoms with Gasteiger partial charge in [0.1, 0.15) is 4.99 Å². The Kier molecular flexibility index (Phi) is 6.43. The van der Waals surface area contributed by atoms with Gasteiger partial charge < -0.3 is 11.1 Å². The second kappa shape index (κ2) is 7.62. The first-order chi connectivity index (χ1) is 9.86. The number of hydrogen-bond donors (Lipinski definition) is 3. The molecular formula is C12H21N5O2S2. The molecule has 0 atom stereocenters. The maximum atomic E-state index is 11.4. The summed E-state index contributed by atoms with van der Waals surface area (Å²) in [7, 11) is -1.90. The van der Waals surface area contributed by atoms with Gasteiger partial charge in [-0.25, -0.2) is 13.1 Å². The van der Waals surface area contributed by atoms with E-state index >= 15 is 0 Å². The van der Waals surface area contributed by atoms with Gasteiger partial charge in [0.2, 0.25) is 10.0 Å². The highest BCUT2D eigenvalue weighted by atomic mass is 32.2. The third-order valence-electron chi connectivity index (χ3n) is 3.07. The van der Waals surface area contributed by atoms with Gasteiger partial charge in [-0.3, -0.25) is 0 Å². The van der Waals surface area contributed by atoms with Gasteiger partial charge in [-0.05, 0) is 25.5 Å². The SMILES string of the molecule is CCc1nnc(NCCS(=O)(=O)NC)c(C(N)=S)c1CC. The Morgan fingerprint density at radius 2 is 1.95 bits per heavy atom. The Morgan fingerprint density at radius 3 is 2.43 bits per heavy atom. The molecule has 0 amide bonds. The first-order valence-corrected chi connectivity index (χ1v) is 8.75. The zero-order valence-corrected chi connectivity index (χ0v) is 14.1. The molecule has 0 unspecified atom stereocenters. The topological polar surface area (TPSA) is 110 Å². The number of nitrogens with one attached hydrogen (secondary N) is 2. The van der Waals surface area contributed by atoms with E-state index in [0.29, 0.717) is 11.4 Å². The maximum absolute atomic E-state index is 11.4. The van der Waals surface area contributed by atoms with Crippen LogP contribution in [0.3, 0.4) is 0 Å². The van der Waals surface area contributed by atoms with Gasteiger partial charge in [0.15, 0.2) is 5.82 Å². The smallest absolute Gasteiger partial charge is 0.213 e. The molecule has 1 aromatic rings. The summed E-state index contributed by atoms with van der Waals surface area (Å²) in [5, 5.41) is 11.2. The molecule has 0 saturated carbocycles. The summed E-state index contributed by atoms with van der Waals surface area (Å²) in [5.74, 6) is 0.363. The molecule has 0 aliphatic rings. The van der Waals surface area contributed by atoms with E-state index < -0.39 is 10.0 Å². The monoisotopic (exact) mass is 331 g/mol. The van der Waals surface area contributed by atoms with Crippen molar-refractivity contribution in [3.05, 3.63) is 16.8 Å². The third-order valence-corrected chi connectivity index (χ3v) is 4.63. The molecule has 0 radical (unpaired) electrons. The van der Waals surface area contributed by atoms with E-state index in [4.69, 9.17) is 18.0 Å². The molecule has 0 aromatic carbocycles. The van der Waals surface area contributed by atoms with Crippen LogP contribution in [0.1, 0.15) is 30.7 Å². The number of hydrogen-bond acceptors (Lipinski definition) is 6. The highest BCUT2D eigenvalue weighted by molar-refractivity contribution is 7.89. The first kappa shape index (κ1) is 17.7. The van der Waals surface area contributed by atoms with Crippen molar-refractivity contribution in [1.82, 2.24) is 14.9 Å². The molecule has 4 N–H and O–H groups in total. The van der Waals surface area contributed by atoms with Crippen molar-refractivity contribution in [3.8, 4) is 0 Å². The van der Waals surface area contributed by atoms with Gasteiger partial charge in [-0.1, -0.05) is 26.1 Å². The van der Waals surface area contributed by atoms with Crippen molar-refractivity contribution in [2.24, 2.45) is 5.73 Å². The fourth-order valence-electron chi connectivity index (χ4n) is 1.97. The fourth-order valence-corrected chi connectivity index (χ4v) is 2.76. The van der Waals surface area contributed by atoms with Gasteiger partial charge in [-0.2, -0.15) is 5.10 Å². The molecular weight excluding hydrogens is 310 g/mol. The van der Waals surface area contributed by atoms with Crippen LogP contribution in [0.2, 0.25) is 0 Å². The lowest BCUT2D eigenvalue weighted by Crippen LogP contribution is -2.27. The van der Waals surface area contributed by atoms with Gasteiger partial charge in [-0.15, -0.1) is 5.10 Å². The second-order valence-electron chi connectivity index (χ2n) is 4.37. The molecule has 0 saturated heterocycles. The van der Waals surface area contributed by atoms with Crippen molar-refractivity contribution >= 4 is 33.0 Å². The molecule has 0 aliphatic heterocycles. The summed E-state index contributed by atoms with van der Waals surface area (Å²) in [5.41, 5.74) is 8.26. The van der Waals surface area contributed by atoms with Gasteiger partial charge in [0, 0.05) is 6.54 Å². The Balaban J connectivity index is 3.05. The standard InChI is InChI=1S/C12H21N5O2S2/c1-4-8-9(5-2)16-17-12(10(8)11(13)20)15-6-7-21(18,19)14-3/h14H,4-7H2,1-3H3,(H2,13,20)(H,15,17). The molecule has 7 nitrogen and oxygen atoms in total. The zero-order valence-electron chi connectivity index (χ0n) is 12.4. The molecule has 1 heterocycles. The van der Waals surface area contributed by atoms with Crippen LogP contribution >= 0.6 is 12.2 Å². The van der Waals surface area contributed by atoms with Crippen LogP contribution < -0.4 is 15.8 Å². The van der Waals surface area contributed by atoms with Crippen molar-refractivity contribution in [3.63, 3.8) is 0 Å². The van der Waals surface area contributed by atoms with E-state index in [9.17, 15) is 8.42 Å². The molecule has 0 aliphatic carbocycles. The van der Waals surface area contributed by atoms with Crippen molar-refractivity contribution in [2.75, 3.05) is 24.7 Å². The minimum absolute atomic E-state index is 0.0705. The van der Waals surface area contributed by atoms with Crippen LogP contribution in [0.5, 0.6) is 0 Å². The Bertz CT molecular complexity index is 616. The summed E-state index contributed by atoms with van der Waals surface area (Å²) in [6.07, 6.45) is 1.47. The number of thiocarbonyl (C=S) groups is 1. The molecule has 1 rings (SSSR count). The average molecular weight is 331 g/mol. The summed E-state index contributed by atoms with van der Waals surface area (Å²) in [6.45, 7) is 4.17. The first-order valence-electron chi connectivity index (χ1n) is 6.69. The summed E-state index contributed by atoms with van der Waals surface area (Å²) < 4.78 is 25.0. The fraction of sp³-hybridized carbons (Fsp3) is 0.583. The van der Waals surface area contributed by atoms with Crippen LogP contribution in [0, 0.1) is 0 Å². The molecule has 0 fully saturated rings. The maximum Gasteiger partial charge on any atom is 0.213 e. The van der Waals surface area contributed by atoms with Gasteiger partial charge in [0.25, 0.3) is 0 Å². The molecule has 118 valence electrons. The minimum Gasteiger partial charge on any atom is -0.389 e. The Morgan fingerprint density at radius 1 is 1.29 bits per heavy atom. The number of aromatic nitrogens is 2. The number of rotatable bonds is 8. The molecule has 0 spiro atoms. The van der Waals surface area contributed by atoms with E-state index in [1.165, 1.54) is 7.05 Å². The van der Waals surface area contributed by atoms with Gasteiger partial charge in [0.05, 0.1) is 17.0 Å². The van der Waals surface area contributed by atoms with E-state index in [-0.39, 0.29) is 17.3 Å². The molecule has 9 heteroatoms. The molecule has 21 heavy (non-hydrogen) atoms. The summed E-state index contributed by atoms with van der Waals surface area (Å²) in [4.78, 5) is 0.232. The van der Waals surface area contributed by atoms with Crippen LogP contribution in [0.4, 0.5) is 5.82 Å². The lowest BCUT2D eigenvalue weighted by Gasteiger charge is -2.15. The normalized spacial score (nSPS) is 11.4. The number of sulfonamides is 1. The Hall–Kier alpha value is -1.32. The predicted molar refractivity (Wildman–Crippen MR) is 88.0 cm³/mol. The Labute approximate surface area is 130 Å². The van der Waals surface area contributed by atoms with E-state index in [0.717, 1.165) is 24.1 Å². The number of aryl methyl sites for hydroxylation is 1. The molecule has 0 bridgehead atoms. The summed E-state index contributed by atoms with van der Waals surface area (Å²) >= 11 is 5.10. The van der Waals surface area contributed by atoms with Crippen molar-refractivity contribution in [1.29, 1.82) is 0 Å². The van der Waals surface area contributed by atoms with Crippen LogP contribution in [-0.4, -0.2) is 42.9 Å². The van der Waals surface area contributed by atoms with Crippen LogP contribution in [-0.2, 0) is 22.9 Å². The van der Waals surface area contributed by atoms with Crippen molar-refractivity contribution in [2.45, 2.75) is 26.7 Å². The average Bonchev–Trinajstić information content (AvgIpc) is 2.45. The van der Waals surface area contributed by atoms with E-state index in [2.05, 4.69) is 20.2 Å².